The molecule has 6 heteroatoms. The van der Waals surface area contributed by atoms with Crippen molar-refractivity contribution in [2.45, 2.75) is 20.4 Å². The van der Waals surface area contributed by atoms with Crippen LogP contribution >= 0.6 is 0 Å². The van der Waals surface area contributed by atoms with Gasteiger partial charge in [0, 0.05) is 26.2 Å². The Bertz CT molecular complexity index is 768. The minimum absolute atomic E-state index is 0.546. The van der Waals surface area contributed by atoms with Crippen molar-refractivity contribution in [3.05, 3.63) is 41.5 Å². The fourth-order valence-corrected chi connectivity index (χ4v) is 2.65. The highest BCUT2D eigenvalue weighted by Crippen LogP contribution is 2.35. The Morgan fingerprint density at radius 3 is 2.22 bits per heavy atom. The molecule has 0 atom stereocenters. The van der Waals surface area contributed by atoms with Gasteiger partial charge in [0.1, 0.15) is 17.2 Å². The number of anilines is 1. The van der Waals surface area contributed by atoms with Gasteiger partial charge in [-0.25, -0.2) is 4.99 Å². The molecule has 0 saturated heterocycles. The molecule has 0 aliphatic carbocycles. The maximum atomic E-state index is 5.56. The van der Waals surface area contributed by atoms with E-state index in [9.17, 15) is 0 Å². The third-order valence-electron chi connectivity index (χ3n) is 4.40. The third-order valence-corrected chi connectivity index (χ3v) is 4.40. The molecule has 0 spiro atoms. The molecule has 0 radical (unpaired) electrons. The predicted molar refractivity (Wildman–Crippen MR) is 111 cm³/mol. The van der Waals surface area contributed by atoms with Gasteiger partial charge in [-0.15, -0.1) is 0 Å². The standard InChI is InChI=1S/C21H29N3O3/c1-7-24(3)14-23-17-12-21(27-6)18(11-15(17)2)22-13-16-19(25-4)9-8-10-20(16)26-5/h8-12,14,22H,7,13H2,1-6H3. The van der Waals surface area contributed by atoms with Crippen LogP contribution in [0.15, 0.2) is 35.3 Å². The largest absolute Gasteiger partial charge is 0.496 e. The first-order valence-corrected chi connectivity index (χ1v) is 8.90. The second kappa shape index (κ2) is 9.71. The van der Waals surface area contributed by atoms with E-state index >= 15 is 0 Å². The second-order valence-corrected chi connectivity index (χ2v) is 6.15. The minimum Gasteiger partial charge on any atom is -0.496 e. The summed E-state index contributed by atoms with van der Waals surface area (Å²) in [7, 11) is 6.96. The Labute approximate surface area is 161 Å². The lowest BCUT2D eigenvalue weighted by Crippen LogP contribution is -2.14. The number of rotatable bonds is 9. The number of methoxy groups -OCH3 is 3. The molecule has 2 aromatic rings. The van der Waals surface area contributed by atoms with Crippen LogP contribution in [0.5, 0.6) is 17.2 Å². The van der Waals surface area contributed by atoms with Crippen molar-refractivity contribution in [1.82, 2.24) is 4.90 Å². The molecule has 0 aliphatic heterocycles. The number of hydrogen-bond acceptors (Lipinski definition) is 5. The first-order valence-electron chi connectivity index (χ1n) is 8.90. The maximum absolute atomic E-state index is 5.56. The summed E-state index contributed by atoms with van der Waals surface area (Å²) in [4.78, 5) is 6.57. The van der Waals surface area contributed by atoms with Gasteiger partial charge in [0.05, 0.1) is 44.6 Å². The van der Waals surface area contributed by atoms with Gasteiger partial charge in [0.15, 0.2) is 0 Å². The Hall–Kier alpha value is -2.89. The lowest BCUT2D eigenvalue weighted by Gasteiger charge is -2.17. The van der Waals surface area contributed by atoms with Crippen molar-refractivity contribution < 1.29 is 14.2 Å². The molecule has 0 heterocycles. The lowest BCUT2D eigenvalue weighted by atomic mass is 10.1. The van der Waals surface area contributed by atoms with Gasteiger partial charge < -0.3 is 24.4 Å². The smallest absolute Gasteiger partial charge is 0.144 e. The maximum Gasteiger partial charge on any atom is 0.144 e. The van der Waals surface area contributed by atoms with Gasteiger partial charge in [-0.1, -0.05) is 6.07 Å². The predicted octanol–water partition coefficient (Wildman–Crippen LogP) is 4.24. The Balaban J connectivity index is 2.27. The molecule has 2 rings (SSSR count). The summed E-state index contributed by atoms with van der Waals surface area (Å²) in [5.74, 6) is 2.29. The molecule has 27 heavy (non-hydrogen) atoms. The van der Waals surface area contributed by atoms with E-state index in [4.69, 9.17) is 14.2 Å². The fourth-order valence-electron chi connectivity index (χ4n) is 2.65. The van der Waals surface area contributed by atoms with Crippen molar-refractivity contribution in [3.63, 3.8) is 0 Å². The monoisotopic (exact) mass is 371 g/mol. The van der Waals surface area contributed by atoms with Crippen LogP contribution in [0.4, 0.5) is 11.4 Å². The van der Waals surface area contributed by atoms with Crippen LogP contribution in [0.2, 0.25) is 0 Å². The Kier molecular flexibility index (Phi) is 7.34. The summed E-state index contributed by atoms with van der Waals surface area (Å²) < 4.78 is 16.5. The van der Waals surface area contributed by atoms with E-state index in [1.54, 1.807) is 21.3 Å². The zero-order chi connectivity index (χ0) is 19.8. The van der Waals surface area contributed by atoms with Crippen LogP contribution in [0.3, 0.4) is 0 Å². The highest BCUT2D eigenvalue weighted by atomic mass is 16.5. The van der Waals surface area contributed by atoms with E-state index in [0.29, 0.717) is 6.54 Å². The highest BCUT2D eigenvalue weighted by molar-refractivity contribution is 5.70. The minimum atomic E-state index is 0.546. The highest BCUT2D eigenvalue weighted by Gasteiger charge is 2.12. The van der Waals surface area contributed by atoms with E-state index in [0.717, 1.165) is 46.3 Å². The molecular weight excluding hydrogens is 342 g/mol. The Morgan fingerprint density at radius 1 is 1.04 bits per heavy atom. The van der Waals surface area contributed by atoms with E-state index < -0.39 is 0 Å². The van der Waals surface area contributed by atoms with Crippen molar-refractivity contribution in [3.8, 4) is 17.2 Å². The van der Waals surface area contributed by atoms with Crippen LogP contribution in [-0.4, -0.2) is 46.2 Å². The molecule has 0 unspecified atom stereocenters. The van der Waals surface area contributed by atoms with E-state index in [1.807, 2.05) is 55.5 Å². The molecule has 0 fully saturated rings. The van der Waals surface area contributed by atoms with Crippen molar-refractivity contribution in [2.75, 3.05) is 40.2 Å². The molecule has 0 aliphatic rings. The normalized spacial score (nSPS) is 10.7. The number of hydrogen-bond donors (Lipinski definition) is 1. The molecule has 0 amide bonds. The first kappa shape index (κ1) is 20.4. The topological polar surface area (TPSA) is 55.3 Å². The van der Waals surface area contributed by atoms with Crippen LogP contribution in [0.25, 0.3) is 0 Å². The van der Waals surface area contributed by atoms with Gasteiger partial charge in [0.25, 0.3) is 0 Å². The number of aliphatic imine (C=N–C) groups is 1. The molecule has 146 valence electrons. The third kappa shape index (κ3) is 5.06. The summed E-state index contributed by atoms with van der Waals surface area (Å²) in [5, 5.41) is 3.43. The van der Waals surface area contributed by atoms with Crippen molar-refractivity contribution >= 4 is 17.7 Å². The number of benzene rings is 2. The fraction of sp³-hybridized carbons (Fsp3) is 0.381. The van der Waals surface area contributed by atoms with Crippen molar-refractivity contribution in [2.24, 2.45) is 4.99 Å². The van der Waals surface area contributed by atoms with Gasteiger partial charge in [-0.05, 0) is 37.6 Å². The molecule has 6 nitrogen and oxygen atoms in total. The molecule has 1 N–H and O–H groups in total. The van der Waals surface area contributed by atoms with Gasteiger partial charge in [0.2, 0.25) is 0 Å². The Morgan fingerprint density at radius 2 is 1.67 bits per heavy atom. The summed E-state index contributed by atoms with van der Waals surface area (Å²) in [6.45, 7) is 5.57. The quantitative estimate of drug-likeness (QED) is 0.528. The number of ether oxygens (including phenoxy) is 3. The van der Waals surface area contributed by atoms with Crippen LogP contribution in [0, 0.1) is 6.92 Å². The van der Waals surface area contributed by atoms with Crippen LogP contribution < -0.4 is 19.5 Å². The van der Waals surface area contributed by atoms with Gasteiger partial charge >= 0.3 is 0 Å². The number of nitrogens with one attached hydrogen (secondary N) is 1. The second-order valence-electron chi connectivity index (χ2n) is 6.15. The van der Waals surface area contributed by atoms with Crippen LogP contribution in [-0.2, 0) is 6.54 Å². The zero-order valence-electron chi connectivity index (χ0n) is 17.0. The summed E-state index contributed by atoms with van der Waals surface area (Å²) >= 11 is 0. The molecular formula is C21H29N3O3. The molecule has 0 bridgehead atoms. The zero-order valence-corrected chi connectivity index (χ0v) is 17.0. The van der Waals surface area contributed by atoms with Gasteiger partial charge in [-0.2, -0.15) is 0 Å². The molecule has 0 aromatic heterocycles. The summed E-state index contributed by atoms with van der Waals surface area (Å²) in [6.07, 6.45) is 1.83. The van der Waals surface area contributed by atoms with E-state index in [1.165, 1.54) is 0 Å². The summed E-state index contributed by atoms with van der Waals surface area (Å²) in [5.41, 5.74) is 3.79. The van der Waals surface area contributed by atoms with E-state index in [-0.39, 0.29) is 0 Å². The molecule has 2 aromatic carbocycles. The van der Waals surface area contributed by atoms with Crippen molar-refractivity contribution in [1.29, 1.82) is 0 Å². The average molecular weight is 371 g/mol. The average Bonchev–Trinajstić information content (AvgIpc) is 2.70. The van der Waals surface area contributed by atoms with Gasteiger partial charge in [-0.3, -0.25) is 0 Å². The summed E-state index contributed by atoms with van der Waals surface area (Å²) in [6, 6.07) is 9.73. The number of aryl methyl sites for hydroxylation is 1. The molecule has 0 saturated carbocycles. The number of nitrogens with zero attached hydrogens (tertiary/aromatic N) is 2. The van der Waals surface area contributed by atoms with Crippen LogP contribution in [0.1, 0.15) is 18.1 Å². The first-order chi connectivity index (χ1) is 13.0. The van der Waals surface area contributed by atoms with E-state index in [2.05, 4.69) is 17.2 Å². The SMILES string of the molecule is CCN(C)C=Nc1cc(OC)c(NCc2c(OC)cccc2OC)cc1C. The lowest BCUT2D eigenvalue weighted by molar-refractivity contribution is 0.386.